The molecule has 11 nitrogen and oxygen atoms in total. The molecular formula is C31H33N9O2. The molecule has 11 heteroatoms. The maximum absolute atomic E-state index is 12.4. The van der Waals surface area contributed by atoms with E-state index in [0.717, 1.165) is 39.4 Å². The minimum Gasteiger partial charge on any atom is -0.457 e. The van der Waals surface area contributed by atoms with Gasteiger partial charge in [-0.3, -0.25) is 4.79 Å². The molecule has 0 radical (unpaired) electrons. The second-order valence-corrected chi connectivity index (χ2v) is 10.8. The number of aromatic nitrogens is 6. The van der Waals surface area contributed by atoms with Crippen LogP contribution < -0.4 is 15.0 Å². The fraction of sp³-hybridized carbons (Fsp3) is 0.290. The van der Waals surface area contributed by atoms with Gasteiger partial charge in [-0.05, 0) is 66.9 Å². The Bertz CT molecular complexity index is 1800. The van der Waals surface area contributed by atoms with Crippen LogP contribution in [-0.2, 0) is 11.8 Å². The number of rotatable bonds is 7. The molecule has 1 aliphatic heterocycles. The molecule has 42 heavy (non-hydrogen) atoms. The standard InChI is InChI=1S/C31H33N9O2/c1-6-29(41)40-14-13-39(17-26(40)19(2)3)28-12-9-23-30(35-28)31(33-18-32-23)34-21-7-11-27(20(4)15-21)42-22-8-10-25-24(16-22)36-37-38(25)5/h6-12,15-16,18-19,26H,1,13-14,17H2,2-5H3,(H,32,33,34)/t26-/m0/s1. The van der Waals surface area contributed by atoms with Gasteiger partial charge in [-0.1, -0.05) is 25.6 Å². The molecule has 1 aliphatic rings. The normalized spacial score (nSPS) is 15.4. The van der Waals surface area contributed by atoms with Gasteiger partial charge in [0, 0.05) is 38.4 Å². The minimum atomic E-state index is -0.0296. The van der Waals surface area contributed by atoms with E-state index in [2.05, 4.69) is 50.9 Å². The predicted octanol–water partition coefficient (Wildman–Crippen LogP) is 5.01. The molecule has 1 saturated heterocycles. The summed E-state index contributed by atoms with van der Waals surface area (Å²) in [6.45, 7) is 11.9. The summed E-state index contributed by atoms with van der Waals surface area (Å²) in [6, 6.07) is 15.6. The van der Waals surface area contributed by atoms with Crippen LogP contribution in [0.25, 0.3) is 22.1 Å². The molecule has 0 unspecified atom stereocenters. The Morgan fingerprint density at radius 2 is 1.95 bits per heavy atom. The number of nitrogens with one attached hydrogen (secondary N) is 1. The maximum Gasteiger partial charge on any atom is 0.246 e. The first-order valence-electron chi connectivity index (χ1n) is 14.0. The fourth-order valence-corrected chi connectivity index (χ4v) is 5.37. The molecule has 214 valence electrons. The van der Waals surface area contributed by atoms with Crippen molar-refractivity contribution in [1.29, 1.82) is 0 Å². The highest BCUT2D eigenvalue weighted by molar-refractivity contribution is 5.89. The van der Waals surface area contributed by atoms with Crippen molar-refractivity contribution in [2.24, 2.45) is 13.0 Å². The van der Waals surface area contributed by atoms with E-state index in [9.17, 15) is 4.79 Å². The van der Waals surface area contributed by atoms with Crippen molar-refractivity contribution in [2.75, 3.05) is 29.9 Å². The van der Waals surface area contributed by atoms with Crippen molar-refractivity contribution >= 4 is 45.3 Å². The van der Waals surface area contributed by atoms with Gasteiger partial charge in [0.2, 0.25) is 5.91 Å². The summed E-state index contributed by atoms with van der Waals surface area (Å²) in [5.74, 6) is 3.15. The van der Waals surface area contributed by atoms with Gasteiger partial charge in [0.25, 0.3) is 0 Å². The number of carbonyl (C=O) groups excluding carboxylic acids is 1. The smallest absolute Gasteiger partial charge is 0.246 e. The number of piperazine rings is 1. The van der Waals surface area contributed by atoms with E-state index < -0.39 is 0 Å². The van der Waals surface area contributed by atoms with Gasteiger partial charge in [-0.2, -0.15) is 0 Å². The van der Waals surface area contributed by atoms with Gasteiger partial charge in [0.05, 0.1) is 17.1 Å². The van der Waals surface area contributed by atoms with Crippen LogP contribution in [0.2, 0.25) is 0 Å². The summed E-state index contributed by atoms with van der Waals surface area (Å²) in [7, 11) is 1.86. The van der Waals surface area contributed by atoms with Gasteiger partial charge >= 0.3 is 0 Å². The molecule has 0 aliphatic carbocycles. The zero-order valence-corrected chi connectivity index (χ0v) is 24.2. The molecule has 5 aromatic rings. The lowest BCUT2D eigenvalue weighted by Crippen LogP contribution is -2.57. The van der Waals surface area contributed by atoms with Crippen molar-refractivity contribution in [3.63, 3.8) is 0 Å². The Morgan fingerprint density at radius 3 is 2.74 bits per heavy atom. The molecule has 2 aromatic carbocycles. The van der Waals surface area contributed by atoms with Crippen LogP contribution in [0.4, 0.5) is 17.3 Å². The van der Waals surface area contributed by atoms with Crippen LogP contribution in [0.5, 0.6) is 11.5 Å². The van der Waals surface area contributed by atoms with Crippen molar-refractivity contribution in [3.05, 3.63) is 73.1 Å². The molecule has 1 atom stereocenters. The zero-order chi connectivity index (χ0) is 29.4. The van der Waals surface area contributed by atoms with Crippen LogP contribution in [-0.4, -0.2) is 66.4 Å². The monoisotopic (exact) mass is 563 g/mol. The maximum atomic E-state index is 12.4. The number of fused-ring (bicyclic) bond motifs is 2. The Balaban J connectivity index is 1.22. The summed E-state index contributed by atoms with van der Waals surface area (Å²) in [6.07, 6.45) is 2.93. The van der Waals surface area contributed by atoms with Crippen molar-refractivity contribution in [3.8, 4) is 11.5 Å². The molecule has 1 N–H and O–H groups in total. The number of pyridine rings is 1. The van der Waals surface area contributed by atoms with E-state index in [1.165, 1.54) is 12.4 Å². The largest absolute Gasteiger partial charge is 0.457 e. The van der Waals surface area contributed by atoms with Crippen LogP contribution in [0.3, 0.4) is 0 Å². The summed E-state index contributed by atoms with van der Waals surface area (Å²) in [4.78, 5) is 30.5. The Kier molecular flexibility index (Phi) is 7.15. The molecule has 0 spiro atoms. The van der Waals surface area contributed by atoms with E-state index in [0.29, 0.717) is 42.6 Å². The number of nitrogens with zero attached hydrogens (tertiary/aromatic N) is 8. The number of amides is 1. The Morgan fingerprint density at radius 1 is 1.10 bits per heavy atom. The predicted molar refractivity (Wildman–Crippen MR) is 163 cm³/mol. The molecule has 1 amide bonds. The third-order valence-corrected chi connectivity index (χ3v) is 7.68. The highest BCUT2D eigenvalue weighted by atomic mass is 16.5. The summed E-state index contributed by atoms with van der Waals surface area (Å²) in [5, 5.41) is 11.6. The average Bonchev–Trinajstić information content (AvgIpc) is 3.37. The number of hydrogen-bond acceptors (Lipinski definition) is 9. The van der Waals surface area contributed by atoms with Gasteiger partial charge in [0.15, 0.2) is 5.82 Å². The number of ether oxygens (including phenoxy) is 1. The van der Waals surface area contributed by atoms with Crippen LogP contribution in [0.15, 0.2) is 67.5 Å². The van der Waals surface area contributed by atoms with Crippen LogP contribution in [0, 0.1) is 12.8 Å². The van der Waals surface area contributed by atoms with Crippen molar-refractivity contribution < 1.29 is 9.53 Å². The minimum absolute atomic E-state index is 0.0296. The lowest BCUT2D eigenvalue weighted by molar-refractivity contribution is -0.129. The van der Waals surface area contributed by atoms with Gasteiger partial charge < -0.3 is 19.9 Å². The van der Waals surface area contributed by atoms with Gasteiger partial charge in [-0.25, -0.2) is 19.6 Å². The number of aryl methyl sites for hydroxylation is 2. The third-order valence-electron chi connectivity index (χ3n) is 7.68. The highest BCUT2D eigenvalue weighted by Crippen LogP contribution is 2.31. The molecule has 0 bridgehead atoms. The van der Waals surface area contributed by atoms with E-state index in [4.69, 9.17) is 9.72 Å². The van der Waals surface area contributed by atoms with E-state index >= 15 is 0 Å². The SMILES string of the molecule is C=CC(=O)N1CCN(c2ccc3ncnc(Nc4ccc(Oc5ccc6c(c5)nnn6C)c(C)c4)c3n2)C[C@H]1C(C)C. The Hall–Kier alpha value is -5.06. The van der Waals surface area contributed by atoms with Crippen LogP contribution >= 0.6 is 0 Å². The first-order valence-corrected chi connectivity index (χ1v) is 14.0. The highest BCUT2D eigenvalue weighted by Gasteiger charge is 2.32. The van der Waals surface area contributed by atoms with Crippen molar-refractivity contribution in [1.82, 2.24) is 34.8 Å². The third kappa shape index (κ3) is 5.20. The Labute approximate surface area is 243 Å². The topological polar surface area (TPSA) is 114 Å². The number of hydrogen-bond donors (Lipinski definition) is 1. The van der Waals surface area contributed by atoms with Gasteiger partial charge in [0.1, 0.15) is 34.7 Å². The van der Waals surface area contributed by atoms with Gasteiger partial charge in [-0.15, -0.1) is 5.10 Å². The second-order valence-electron chi connectivity index (χ2n) is 10.8. The molecule has 1 fully saturated rings. The number of benzene rings is 2. The molecule has 3 aromatic heterocycles. The van der Waals surface area contributed by atoms with E-state index in [-0.39, 0.29) is 11.9 Å². The molecule has 4 heterocycles. The summed E-state index contributed by atoms with van der Waals surface area (Å²) >= 11 is 0. The number of anilines is 3. The quantitative estimate of drug-likeness (QED) is 0.273. The first kappa shape index (κ1) is 27.1. The summed E-state index contributed by atoms with van der Waals surface area (Å²) < 4.78 is 7.89. The second kappa shape index (κ2) is 11.1. The first-order chi connectivity index (χ1) is 20.3. The van der Waals surface area contributed by atoms with Crippen LogP contribution in [0.1, 0.15) is 19.4 Å². The van der Waals surface area contributed by atoms with E-state index in [1.807, 2.05) is 67.4 Å². The van der Waals surface area contributed by atoms with E-state index in [1.54, 1.807) is 4.68 Å². The number of carbonyl (C=O) groups is 1. The summed E-state index contributed by atoms with van der Waals surface area (Å²) in [5.41, 5.74) is 4.95. The lowest BCUT2D eigenvalue weighted by atomic mass is 9.99. The molecule has 0 saturated carbocycles. The molecule has 6 rings (SSSR count). The lowest BCUT2D eigenvalue weighted by Gasteiger charge is -2.43. The van der Waals surface area contributed by atoms with Crippen molar-refractivity contribution in [2.45, 2.75) is 26.8 Å². The zero-order valence-electron chi connectivity index (χ0n) is 24.2. The average molecular weight is 564 g/mol. The fourth-order valence-electron chi connectivity index (χ4n) is 5.37. The molecular weight excluding hydrogens is 530 g/mol.